The Balaban J connectivity index is 2.02. The molecule has 1 saturated heterocycles. The van der Waals surface area contributed by atoms with Crippen molar-refractivity contribution in [1.29, 1.82) is 0 Å². The lowest BCUT2D eigenvalue weighted by Crippen LogP contribution is -2.44. The molecule has 2 rings (SSSR count). The molecule has 0 aromatic carbocycles. The lowest BCUT2D eigenvalue weighted by atomic mass is 10.2. The Kier molecular flexibility index (Phi) is 4.88. The highest BCUT2D eigenvalue weighted by molar-refractivity contribution is 5.69. The van der Waals surface area contributed by atoms with Crippen molar-refractivity contribution in [3.63, 3.8) is 0 Å². The smallest absolute Gasteiger partial charge is 0.410 e. The molecular formula is C16H26N4O2. The number of aryl methyl sites for hydroxylation is 1. The van der Waals surface area contributed by atoms with Crippen molar-refractivity contribution in [3.8, 4) is 0 Å². The van der Waals surface area contributed by atoms with Crippen molar-refractivity contribution in [1.82, 2.24) is 14.9 Å². The molecule has 2 heterocycles. The van der Waals surface area contributed by atoms with Gasteiger partial charge in [0.2, 0.25) is 0 Å². The fourth-order valence-electron chi connectivity index (χ4n) is 2.76. The predicted molar refractivity (Wildman–Crippen MR) is 86.0 cm³/mol. The Labute approximate surface area is 132 Å². The van der Waals surface area contributed by atoms with Crippen molar-refractivity contribution in [2.45, 2.75) is 52.2 Å². The van der Waals surface area contributed by atoms with Crippen LogP contribution >= 0.6 is 0 Å². The van der Waals surface area contributed by atoms with Crippen molar-refractivity contribution in [3.05, 3.63) is 18.1 Å². The summed E-state index contributed by atoms with van der Waals surface area (Å²) in [5.74, 6) is 0.860. The van der Waals surface area contributed by atoms with E-state index in [4.69, 9.17) is 4.74 Å². The molecule has 122 valence electrons. The van der Waals surface area contributed by atoms with Gasteiger partial charge < -0.3 is 14.5 Å². The van der Waals surface area contributed by atoms with Gasteiger partial charge in [-0.1, -0.05) is 0 Å². The third kappa shape index (κ3) is 4.08. The average Bonchev–Trinajstić information content (AvgIpc) is 2.85. The minimum absolute atomic E-state index is 0.154. The van der Waals surface area contributed by atoms with E-state index < -0.39 is 5.60 Å². The number of amides is 1. The highest BCUT2D eigenvalue weighted by atomic mass is 16.6. The number of carbonyl (C=O) groups is 1. The third-order valence-electron chi connectivity index (χ3n) is 3.71. The summed E-state index contributed by atoms with van der Waals surface area (Å²) in [7, 11) is 1.99. The minimum atomic E-state index is -0.461. The van der Waals surface area contributed by atoms with Crippen LogP contribution in [-0.4, -0.2) is 52.7 Å². The van der Waals surface area contributed by atoms with E-state index in [0.29, 0.717) is 0 Å². The normalized spacial score (nSPS) is 18.4. The molecule has 1 aromatic heterocycles. The lowest BCUT2D eigenvalue weighted by molar-refractivity contribution is 0.0232. The van der Waals surface area contributed by atoms with Crippen LogP contribution in [0.5, 0.6) is 0 Å². The number of hydrogen-bond acceptors (Lipinski definition) is 5. The average molecular weight is 306 g/mol. The van der Waals surface area contributed by atoms with Gasteiger partial charge in [0.05, 0.1) is 11.7 Å². The van der Waals surface area contributed by atoms with Crippen molar-refractivity contribution in [2.75, 3.05) is 25.0 Å². The van der Waals surface area contributed by atoms with E-state index in [1.165, 1.54) is 0 Å². The summed E-state index contributed by atoms with van der Waals surface area (Å²) in [6, 6.07) is 0.154. The summed E-state index contributed by atoms with van der Waals surface area (Å²) < 4.78 is 5.50. The Morgan fingerprint density at radius 2 is 2.09 bits per heavy atom. The van der Waals surface area contributed by atoms with E-state index in [2.05, 4.69) is 14.9 Å². The maximum absolute atomic E-state index is 12.3. The van der Waals surface area contributed by atoms with Crippen LogP contribution in [-0.2, 0) is 4.74 Å². The Bertz CT molecular complexity index is 527. The van der Waals surface area contributed by atoms with Gasteiger partial charge in [-0.15, -0.1) is 0 Å². The number of anilines is 1. The lowest BCUT2D eigenvalue weighted by Gasteiger charge is -2.31. The number of rotatable bonds is 3. The first-order valence-corrected chi connectivity index (χ1v) is 7.76. The Morgan fingerprint density at radius 3 is 2.73 bits per heavy atom. The number of likely N-dealkylation sites (N-methyl/N-ethyl adjacent to an activating group) is 1. The van der Waals surface area contributed by atoms with Crippen LogP contribution in [0.4, 0.5) is 10.6 Å². The summed E-state index contributed by atoms with van der Waals surface area (Å²) >= 11 is 0. The maximum atomic E-state index is 12.3. The second-order valence-corrected chi connectivity index (χ2v) is 6.82. The van der Waals surface area contributed by atoms with Crippen LogP contribution in [0.1, 0.15) is 39.3 Å². The zero-order chi connectivity index (χ0) is 16.3. The maximum Gasteiger partial charge on any atom is 0.410 e. The van der Waals surface area contributed by atoms with E-state index in [0.717, 1.165) is 37.4 Å². The van der Waals surface area contributed by atoms with Crippen LogP contribution in [0, 0.1) is 6.92 Å². The molecule has 1 aliphatic heterocycles. The van der Waals surface area contributed by atoms with Gasteiger partial charge in [-0.05, 0) is 40.5 Å². The number of aromatic nitrogens is 2. The molecule has 22 heavy (non-hydrogen) atoms. The Morgan fingerprint density at radius 1 is 1.41 bits per heavy atom. The van der Waals surface area contributed by atoms with E-state index in [1.807, 2.05) is 39.6 Å². The fourth-order valence-corrected chi connectivity index (χ4v) is 2.76. The molecule has 1 unspecified atom stereocenters. The number of hydrogen-bond donors (Lipinski definition) is 0. The molecule has 0 N–H and O–H groups in total. The monoisotopic (exact) mass is 306 g/mol. The summed E-state index contributed by atoms with van der Waals surface area (Å²) in [6.07, 6.45) is 5.16. The fraction of sp³-hybridized carbons (Fsp3) is 0.688. The van der Waals surface area contributed by atoms with E-state index >= 15 is 0 Å². The van der Waals surface area contributed by atoms with Gasteiger partial charge in [0, 0.05) is 32.5 Å². The molecule has 1 aliphatic rings. The minimum Gasteiger partial charge on any atom is -0.444 e. The zero-order valence-corrected chi connectivity index (χ0v) is 14.2. The van der Waals surface area contributed by atoms with Gasteiger partial charge in [-0.3, -0.25) is 4.98 Å². The largest absolute Gasteiger partial charge is 0.444 e. The number of nitrogens with zero attached hydrogens (tertiary/aromatic N) is 4. The van der Waals surface area contributed by atoms with Crippen molar-refractivity contribution >= 4 is 11.9 Å². The topological polar surface area (TPSA) is 58.6 Å². The summed E-state index contributed by atoms with van der Waals surface area (Å²) in [5.41, 5.74) is 0.435. The highest BCUT2D eigenvalue weighted by Crippen LogP contribution is 2.23. The molecule has 1 atom stereocenters. The number of likely N-dealkylation sites (tertiary alicyclic amines) is 1. The van der Waals surface area contributed by atoms with Crippen molar-refractivity contribution < 1.29 is 9.53 Å². The highest BCUT2D eigenvalue weighted by Gasteiger charge is 2.33. The summed E-state index contributed by atoms with van der Waals surface area (Å²) in [5, 5.41) is 0. The van der Waals surface area contributed by atoms with Gasteiger partial charge in [0.15, 0.2) is 0 Å². The molecule has 0 spiro atoms. The van der Waals surface area contributed by atoms with Crippen LogP contribution in [0.25, 0.3) is 0 Å². The van der Waals surface area contributed by atoms with Crippen LogP contribution in [0.2, 0.25) is 0 Å². The first-order chi connectivity index (χ1) is 10.3. The van der Waals surface area contributed by atoms with Gasteiger partial charge in [0.25, 0.3) is 0 Å². The van der Waals surface area contributed by atoms with E-state index in [-0.39, 0.29) is 12.1 Å². The van der Waals surface area contributed by atoms with Crippen LogP contribution in [0.15, 0.2) is 12.4 Å². The Hall–Kier alpha value is -1.85. The van der Waals surface area contributed by atoms with Gasteiger partial charge >= 0.3 is 6.09 Å². The first-order valence-electron chi connectivity index (χ1n) is 7.76. The molecule has 0 radical (unpaired) electrons. The first kappa shape index (κ1) is 16.5. The molecular weight excluding hydrogens is 280 g/mol. The molecule has 1 fully saturated rings. The quantitative estimate of drug-likeness (QED) is 0.859. The van der Waals surface area contributed by atoms with E-state index in [9.17, 15) is 4.79 Å². The molecule has 1 aromatic rings. The van der Waals surface area contributed by atoms with Crippen LogP contribution in [0.3, 0.4) is 0 Å². The molecule has 6 heteroatoms. The van der Waals surface area contributed by atoms with Crippen LogP contribution < -0.4 is 4.90 Å². The van der Waals surface area contributed by atoms with Crippen molar-refractivity contribution in [2.24, 2.45) is 0 Å². The third-order valence-corrected chi connectivity index (χ3v) is 3.71. The molecule has 0 bridgehead atoms. The molecule has 0 aliphatic carbocycles. The number of carbonyl (C=O) groups excluding carboxylic acids is 1. The number of ether oxygens (including phenoxy) is 1. The molecule has 0 saturated carbocycles. The van der Waals surface area contributed by atoms with Gasteiger partial charge in [0.1, 0.15) is 11.4 Å². The van der Waals surface area contributed by atoms with Gasteiger partial charge in [-0.2, -0.15) is 0 Å². The van der Waals surface area contributed by atoms with Gasteiger partial charge in [-0.25, -0.2) is 9.78 Å². The molecule has 6 nitrogen and oxygen atoms in total. The SMILES string of the molecule is Cc1nccnc1N(C)CC1CCCN1C(=O)OC(C)(C)C. The molecule has 1 amide bonds. The summed E-state index contributed by atoms with van der Waals surface area (Å²) in [4.78, 5) is 24.9. The second-order valence-electron chi connectivity index (χ2n) is 6.82. The van der Waals surface area contributed by atoms with E-state index in [1.54, 1.807) is 12.4 Å². The standard InChI is InChI=1S/C16H26N4O2/c1-12-14(18-9-8-17-12)19(5)11-13-7-6-10-20(13)15(21)22-16(2,3)4/h8-9,13H,6-7,10-11H2,1-5H3. The second kappa shape index (κ2) is 6.50. The summed E-state index contributed by atoms with van der Waals surface area (Å²) in [6.45, 7) is 9.12. The predicted octanol–water partition coefficient (Wildman–Crippen LogP) is 2.62. The zero-order valence-electron chi connectivity index (χ0n) is 14.2.